The maximum Gasteiger partial charge on any atom is 0.272 e. The number of rotatable bonds is 3. The molecule has 0 spiro atoms. The molecule has 21 heavy (non-hydrogen) atoms. The molecule has 1 heterocycles. The quantitative estimate of drug-likeness (QED) is 0.365. The Morgan fingerprint density at radius 2 is 2.05 bits per heavy atom. The number of halogens is 3. The number of aromatic hydroxyl groups is 1. The lowest BCUT2D eigenvalue weighted by Crippen LogP contribution is -2.17. The Morgan fingerprint density at radius 3 is 2.76 bits per heavy atom. The van der Waals surface area contributed by atoms with E-state index >= 15 is 0 Å². The minimum absolute atomic E-state index is 0.112. The van der Waals surface area contributed by atoms with Crippen molar-refractivity contribution >= 4 is 66.6 Å². The fourth-order valence-corrected chi connectivity index (χ4v) is 3.36. The van der Waals surface area contributed by atoms with E-state index in [1.54, 1.807) is 24.4 Å². The molecule has 8 heteroatoms. The fraction of sp³-hybridized carbons (Fsp3) is 0. The molecule has 0 atom stereocenters. The Morgan fingerprint density at radius 1 is 1.29 bits per heavy atom. The van der Waals surface area contributed by atoms with Gasteiger partial charge in [-0.3, -0.25) is 9.78 Å². The molecule has 0 saturated heterocycles. The van der Waals surface area contributed by atoms with Crippen molar-refractivity contribution in [2.45, 2.75) is 0 Å². The van der Waals surface area contributed by atoms with Gasteiger partial charge in [-0.1, -0.05) is 15.9 Å². The number of pyridine rings is 1. The first-order chi connectivity index (χ1) is 9.97. The molecule has 2 rings (SSSR count). The van der Waals surface area contributed by atoms with Crippen LogP contribution in [0.1, 0.15) is 15.9 Å². The number of nitrogens with zero attached hydrogens (tertiary/aromatic N) is 2. The van der Waals surface area contributed by atoms with Crippen LogP contribution in [0.2, 0.25) is 0 Å². The Hall–Kier alpha value is -1.00. The maximum atomic E-state index is 11.8. The van der Waals surface area contributed by atoms with E-state index in [0.717, 1.165) is 4.47 Å². The normalized spacial score (nSPS) is 10.8. The molecule has 108 valence electrons. The number of carbonyl (C=O) groups is 1. The van der Waals surface area contributed by atoms with E-state index in [2.05, 4.69) is 47.4 Å². The van der Waals surface area contributed by atoms with E-state index in [1.807, 2.05) is 22.6 Å². The summed E-state index contributed by atoms with van der Waals surface area (Å²) in [5.74, 6) is -0.273. The van der Waals surface area contributed by atoms with Crippen LogP contribution < -0.4 is 5.43 Å². The second-order valence-electron chi connectivity index (χ2n) is 3.92. The van der Waals surface area contributed by atoms with Crippen LogP contribution in [0.4, 0.5) is 0 Å². The molecule has 0 fully saturated rings. The molecule has 0 aliphatic heterocycles. The van der Waals surface area contributed by atoms with Gasteiger partial charge in [0.05, 0.1) is 15.3 Å². The van der Waals surface area contributed by atoms with E-state index < -0.39 is 0 Å². The topological polar surface area (TPSA) is 74.6 Å². The first-order valence-electron chi connectivity index (χ1n) is 5.59. The molecule has 0 bridgehead atoms. The van der Waals surface area contributed by atoms with Crippen LogP contribution in [0, 0.1) is 3.57 Å². The third kappa shape index (κ3) is 4.48. The molecule has 2 N–H and O–H groups in total. The number of aromatic nitrogens is 1. The van der Waals surface area contributed by atoms with Crippen molar-refractivity contribution in [3.8, 4) is 5.75 Å². The average Bonchev–Trinajstić information content (AvgIpc) is 2.43. The lowest BCUT2D eigenvalue weighted by atomic mass is 10.2. The molecular weight excluding hydrogens is 517 g/mol. The van der Waals surface area contributed by atoms with E-state index in [1.165, 1.54) is 12.4 Å². The highest BCUT2D eigenvalue weighted by Gasteiger charge is 2.07. The first kappa shape index (κ1) is 16.4. The molecule has 1 amide bonds. The van der Waals surface area contributed by atoms with E-state index in [-0.39, 0.29) is 11.7 Å². The number of phenols is 1. The van der Waals surface area contributed by atoms with Gasteiger partial charge in [-0.2, -0.15) is 5.10 Å². The average molecular weight is 525 g/mol. The predicted molar refractivity (Wildman–Crippen MR) is 95.5 cm³/mol. The van der Waals surface area contributed by atoms with E-state index in [9.17, 15) is 9.90 Å². The standard InChI is InChI=1S/C13H8Br2IN3O2/c14-9-1-7(12(20)11(16)3-9)5-18-19-13(21)8-2-10(15)6-17-4-8/h1-6,20H,(H,19,21). The predicted octanol–water partition coefficient (Wildman–Crippen LogP) is 3.68. The summed E-state index contributed by atoms with van der Waals surface area (Å²) in [6.07, 6.45) is 4.40. The highest BCUT2D eigenvalue weighted by Crippen LogP contribution is 2.27. The SMILES string of the molecule is O=C(NN=Cc1cc(Br)cc(I)c1O)c1cncc(Br)c1. The molecule has 2 aromatic rings. The highest BCUT2D eigenvalue weighted by atomic mass is 127. The Labute approximate surface area is 151 Å². The molecule has 0 radical (unpaired) electrons. The Balaban J connectivity index is 2.11. The minimum Gasteiger partial charge on any atom is -0.506 e. The number of hydrogen-bond donors (Lipinski definition) is 2. The maximum absolute atomic E-state index is 11.8. The molecular formula is C13H8Br2IN3O2. The summed E-state index contributed by atoms with van der Waals surface area (Å²) in [7, 11) is 0. The first-order valence-corrected chi connectivity index (χ1v) is 8.26. The monoisotopic (exact) mass is 523 g/mol. The van der Waals surface area contributed by atoms with Crippen LogP contribution in [0.3, 0.4) is 0 Å². The number of amides is 1. The van der Waals surface area contributed by atoms with Crippen molar-refractivity contribution in [1.82, 2.24) is 10.4 Å². The van der Waals surface area contributed by atoms with Crippen molar-refractivity contribution in [1.29, 1.82) is 0 Å². The second kappa shape index (κ2) is 7.32. The highest BCUT2D eigenvalue weighted by molar-refractivity contribution is 14.1. The third-order valence-electron chi connectivity index (χ3n) is 2.39. The molecule has 1 aromatic carbocycles. The van der Waals surface area contributed by atoms with Crippen molar-refractivity contribution in [3.63, 3.8) is 0 Å². The number of benzene rings is 1. The lowest BCUT2D eigenvalue weighted by Gasteiger charge is -2.03. The summed E-state index contributed by atoms with van der Waals surface area (Å²) in [6, 6.07) is 5.12. The van der Waals surface area contributed by atoms with Gasteiger partial charge in [0.15, 0.2) is 0 Å². The third-order valence-corrected chi connectivity index (χ3v) is 4.11. The lowest BCUT2D eigenvalue weighted by molar-refractivity contribution is 0.0954. The van der Waals surface area contributed by atoms with Crippen LogP contribution in [0.15, 0.2) is 44.6 Å². The van der Waals surface area contributed by atoms with Gasteiger partial charge in [0.2, 0.25) is 0 Å². The van der Waals surface area contributed by atoms with Crippen LogP contribution in [-0.2, 0) is 0 Å². The second-order valence-corrected chi connectivity index (χ2v) is 6.91. The van der Waals surface area contributed by atoms with Gasteiger partial charge in [-0.15, -0.1) is 0 Å². The number of nitrogens with one attached hydrogen (secondary N) is 1. The van der Waals surface area contributed by atoms with E-state index in [0.29, 0.717) is 19.2 Å². The van der Waals surface area contributed by atoms with Crippen molar-refractivity contribution in [2.24, 2.45) is 5.10 Å². The van der Waals surface area contributed by atoms with Crippen LogP contribution >= 0.6 is 54.5 Å². The zero-order valence-corrected chi connectivity index (χ0v) is 15.7. The summed E-state index contributed by atoms with van der Waals surface area (Å²) in [4.78, 5) is 15.7. The zero-order chi connectivity index (χ0) is 15.4. The molecule has 0 aliphatic rings. The molecule has 5 nitrogen and oxygen atoms in total. The van der Waals surface area contributed by atoms with Gasteiger partial charge in [-0.05, 0) is 56.7 Å². The summed E-state index contributed by atoms with van der Waals surface area (Å²) in [5.41, 5.74) is 3.27. The number of phenolic OH excluding ortho intramolecular Hbond substituents is 1. The smallest absolute Gasteiger partial charge is 0.272 e. The van der Waals surface area contributed by atoms with Gasteiger partial charge in [0.25, 0.3) is 5.91 Å². The van der Waals surface area contributed by atoms with Crippen LogP contribution in [0.5, 0.6) is 5.75 Å². The summed E-state index contributed by atoms with van der Waals surface area (Å²) < 4.78 is 2.21. The van der Waals surface area contributed by atoms with Crippen molar-refractivity contribution in [3.05, 3.63) is 54.2 Å². The Kier molecular flexibility index (Phi) is 5.71. The van der Waals surface area contributed by atoms with Gasteiger partial charge in [0, 0.05) is 26.9 Å². The van der Waals surface area contributed by atoms with Crippen molar-refractivity contribution < 1.29 is 9.90 Å². The fourth-order valence-electron chi connectivity index (χ4n) is 1.45. The number of hydrazone groups is 1. The number of carbonyl (C=O) groups excluding carboxylic acids is 1. The largest absolute Gasteiger partial charge is 0.506 e. The molecule has 1 aromatic heterocycles. The van der Waals surface area contributed by atoms with Crippen LogP contribution in [0.25, 0.3) is 0 Å². The number of hydrogen-bond acceptors (Lipinski definition) is 4. The Bertz CT molecular complexity index is 723. The summed E-state index contributed by atoms with van der Waals surface area (Å²) >= 11 is 8.59. The van der Waals surface area contributed by atoms with Crippen molar-refractivity contribution in [2.75, 3.05) is 0 Å². The summed E-state index contributed by atoms with van der Waals surface area (Å²) in [5, 5.41) is 13.7. The van der Waals surface area contributed by atoms with Gasteiger partial charge in [-0.25, -0.2) is 5.43 Å². The van der Waals surface area contributed by atoms with Crippen LogP contribution in [-0.4, -0.2) is 22.2 Å². The molecule has 0 saturated carbocycles. The minimum atomic E-state index is -0.385. The summed E-state index contributed by atoms with van der Waals surface area (Å²) in [6.45, 7) is 0. The van der Waals surface area contributed by atoms with Gasteiger partial charge < -0.3 is 5.11 Å². The molecule has 0 aliphatic carbocycles. The van der Waals surface area contributed by atoms with E-state index in [4.69, 9.17) is 0 Å². The van der Waals surface area contributed by atoms with Gasteiger partial charge in [0.1, 0.15) is 5.75 Å². The zero-order valence-electron chi connectivity index (χ0n) is 10.3. The molecule has 0 unspecified atom stereocenters. The van der Waals surface area contributed by atoms with Gasteiger partial charge >= 0.3 is 0 Å².